The molecule has 1 atom stereocenters. The van der Waals surface area contributed by atoms with E-state index >= 15 is 0 Å². The van der Waals surface area contributed by atoms with Gasteiger partial charge in [0.2, 0.25) is 0 Å². The van der Waals surface area contributed by atoms with E-state index in [1.54, 1.807) is 6.07 Å². The Morgan fingerprint density at radius 2 is 1.95 bits per heavy atom. The van der Waals surface area contributed by atoms with Gasteiger partial charge in [-0.3, -0.25) is 0 Å². The molecule has 0 saturated carbocycles. The zero-order valence-electron chi connectivity index (χ0n) is 12.5. The molecule has 0 nitrogen and oxygen atoms in total. The first kappa shape index (κ1) is 13.3. The molecule has 0 heterocycles. The number of benzene rings is 2. The van der Waals surface area contributed by atoms with Crippen LogP contribution < -0.4 is 0 Å². The van der Waals surface area contributed by atoms with Crippen LogP contribution in [0.5, 0.6) is 0 Å². The Hall–Kier alpha value is -2.41. The maximum absolute atomic E-state index is 14.5. The van der Waals surface area contributed by atoms with E-state index in [-0.39, 0.29) is 11.7 Å². The molecule has 2 aromatic carbocycles. The Balaban J connectivity index is 1.86. The van der Waals surface area contributed by atoms with E-state index in [0.29, 0.717) is 5.39 Å². The van der Waals surface area contributed by atoms with Crippen LogP contribution in [0.25, 0.3) is 10.8 Å². The van der Waals surface area contributed by atoms with Gasteiger partial charge >= 0.3 is 0 Å². The van der Waals surface area contributed by atoms with E-state index in [4.69, 9.17) is 0 Å². The van der Waals surface area contributed by atoms with Crippen LogP contribution in [0.2, 0.25) is 0 Å². The molecule has 0 amide bonds. The van der Waals surface area contributed by atoms with Crippen LogP contribution in [-0.2, 0) is 0 Å². The summed E-state index contributed by atoms with van der Waals surface area (Å²) in [5.41, 5.74) is 4.88. The van der Waals surface area contributed by atoms with Crippen LogP contribution in [0.15, 0.2) is 83.5 Å². The zero-order chi connectivity index (χ0) is 15.1. The Kier molecular flexibility index (Phi) is 3.07. The van der Waals surface area contributed by atoms with Gasteiger partial charge in [0.25, 0.3) is 0 Å². The van der Waals surface area contributed by atoms with Crippen LogP contribution in [0.3, 0.4) is 0 Å². The maximum Gasteiger partial charge on any atom is 0.131 e. The van der Waals surface area contributed by atoms with Gasteiger partial charge in [-0.15, -0.1) is 0 Å². The number of rotatable bonds is 1. The van der Waals surface area contributed by atoms with Gasteiger partial charge in [-0.2, -0.15) is 0 Å². The summed E-state index contributed by atoms with van der Waals surface area (Å²) in [6, 6.07) is 11.5. The number of hydrogen-bond donors (Lipinski definition) is 0. The summed E-state index contributed by atoms with van der Waals surface area (Å²) in [6.07, 6.45) is 11.8. The number of allylic oxidation sites excluding steroid dienone is 8. The lowest BCUT2D eigenvalue weighted by atomic mass is 9.85. The molecule has 108 valence electrons. The quantitative estimate of drug-likeness (QED) is 0.619. The minimum absolute atomic E-state index is 0.130. The van der Waals surface area contributed by atoms with E-state index < -0.39 is 0 Å². The zero-order valence-corrected chi connectivity index (χ0v) is 12.5. The molecular formula is C21H17F. The third kappa shape index (κ3) is 2.14. The fourth-order valence-electron chi connectivity index (χ4n) is 3.46. The fraction of sp³-hybridized carbons (Fsp3) is 0.143. The lowest BCUT2D eigenvalue weighted by Gasteiger charge is -2.19. The molecule has 1 heteroatoms. The second kappa shape index (κ2) is 5.10. The van der Waals surface area contributed by atoms with Gasteiger partial charge in [-0.1, -0.05) is 66.3 Å². The molecule has 0 bridgehead atoms. The first-order valence-electron chi connectivity index (χ1n) is 7.67. The van der Waals surface area contributed by atoms with Crippen molar-refractivity contribution >= 4 is 10.8 Å². The third-order valence-electron chi connectivity index (χ3n) is 4.49. The van der Waals surface area contributed by atoms with Gasteiger partial charge < -0.3 is 0 Å². The topological polar surface area (TPSA) is 0 Å². The first-order chi connectivity index (χ1) is 10.7. The smallest absolute Gasteiger partial charge is 0.131 e. The Labute approximate surface area is 130 Å². The van der Waals surface area contributed by atoms with Gasteiger partial charge in [-0.25, -0.2) is 4.39 Å². The molecule has 0 spiro atoms. The molecule has 0 N–H and O–H groups in total. The summed E-state index contributed by atoms with van der Waals surface area (Å²) in [5, 5.41) is 1.67. The standard InChI is InChI=1S/C21H17F/c1-14-10-15-6-2-4-8-18(20(15)11-14)17-12-16-7-3-5-9-19(16)21(22)13-17/h2-7,9-13,18H,8H2,1H3. The molecule has 0 radical (unpaired) electrons. The highest BCUT2D eigenvalue weighted by Gasteiger charge is 2.23. The van der Waals surface area contributed by atoms with Crippen LogP contribution >= 0.6 is 0 Å². The lowest BCUT2D eigenvalue weighted by molar-refractivity contribution is 0.635. The Bertz CT molecular complexity index is 878. The number of hydrogen-bond acceptors (Lipinski definition) is 0. The molecule has 0 aliphatic heterocycles. The van der Waals surface area contributed by atoms with Crippen LogP contribution in [0, 0.1) is 5.82 Å². The van der Waals surface area contributed by atoms with E-state index in [2.05, 4.69) is 43.4 Å². The van der Waals surface area contributed by atoms with E-state index in [1.165, 1.54) is 16.7 Å². The third-order valence-corrected chi connectivity index (χ3v) is 4.49. The molecule has 2 aromatic rings. The predicted molar refractivity (Wildman–Crippen MR) is 90.3 cm³/mol. The predicted octanol–water partition coefficient (Wildman–Crippen LogP) is 5.84. The minimum Gasteiger partial charge on any atom is -0.206 e. The van der Waals surface area contributed by atoms with E-state index in [1.807, 2.05) is 24.3 Å². The number of fused-ring (bicyclic) bond motifs is 2. The maximum atomic E-state index is 14.5. The van der Waals surface area contributed by atoms with Gasteiger partial charge in [0.05, 0.1) is 0 Å². The molecule has 2 aliphatic rings. The molecule has 2 aliphatic carbocycles. The summed E-state index contributed by atoms with van der Waals surface area (Å²) in [4.78, 5) is 0. The van der Waals surface area contributed by atoms with Crippen molar-refractivity contribution in [2.75, 3.05) is 0 Å². The summed E-state index contributed by atoms with van der Waals surface area (Å²) in [5.74, 6) is 0.0907. The molecule has 0 fully saturated rings. The summed E-state index contributed by atoms with van der Waals surface area (Å²) in [6.45, 7) is 2.12. The summed E-state index contributed by atoms with van der Waals surface area (Å²) < 4.78 is 14.5. The van der Waals surface area contributed by atoms with Gasteiger partial charge in [-0.05, 0) is 41.5 Å². The second-order valence-corrected chi connectivity index (χ2v) is 6.05. The SMILES string of the molecule is CC1=CC2=CC=CCC(c3cc(F)c4ccccc4c3)C2=C1. The van der Waals surface area contributed by atoms with E-state index in [9.17, 15) is 4.39 Å². The highest BCUT2D eigenvalue weighted by molar-refractivity contribution is 5.84. The van der Waals surface area contributed by atoms with Gasteiger partial charge in [0, 0.05) is 11.3 Å². The average molecular weight is 288 g/mol. The molecule has 22 heavy (non-hydrogen) atoms. The van der Waals surface area contributed by atoms with Crippen LogP contribution in [0.4, 0.5) is 4.39 Å². The molecule has 4 rings (SSSR count). The average Bonchev–Trinajstić information content (AvgIpc) is 2.77. The largest absolute Gasteiger partial charge is 0.206 e. The van der Waals surface area contributed by atoms with Crippen LogP contribution in [0.1, 0.15) is 24.8 Å². The highest BCUT2D eigenvalue weighted by atomic mass is 19.1. The van der Waals surface area contributed by atoms with Crippen molar-refractivity contribution in [3.63, 3.8) is 0 Å². The molecular weight excluding hydrogens is 271 g/mol. The minimum atomic E-state index is -0.130. The van der Waals surface area contributed by atoms with Crippen molar-refractivity contribution in [1.29, 1.82) is 0 Å². The first-order valence-corrected chi connectivity index (χ1v) is 7.67. The van der Waals surface area contributed by atoms with Crippen molar-refractivity contribution in [2.24, 2.45) is 0 Å². The van der Waals surface area contributed by atoms with E-state index in [0.717, 1.165) is 17.4 Å². The lowest BCUT2D eigenvalue weighted by Crippen LogP contribution is -2.02. The van der Waals surface area contributed by atoms with Crippen molar-refractivity contribution in [1.82, 2.24) is 0 Å². The fourth-order valence-corrected chi connectivity index (χ4v) is 3.46. The van der Waals surface area contributed by atoms with Crippen LogP contribution in [-0.4, -0.2) is 0 Å². The Morgan fingerprint density at radius 1 is 1.09 bits per heavy atom. The summed E-state index contributed by atoms with van der Waals surface area (Å²) in [7, 11) is 0. The summed E-state index contributed by atoms with van der Waals surface area (Å²) >= 11 is 0. The Morgan fingerprint density at radius 3 is 2.86 bits per heavy atom. The van der Waals surface area contributed by atoms with Crippen molar-refractivity contribution in [3.05, 3.63) is 94.9 Å². The van der Waals surface area contributed by atoms with Crippen molar-refractivity contribution in [3.8, 4) is 0 Å². The molecule has 1 unspecified atom stereocenters. The van der Waals surface area contributed by atoms with Crippen molar-refractivity contribution in [2.45, 2.75) is 19.3 Å². The van der Waals surface area contributed by atoms with Gasteiger partial charge in [0.1, 0.15) is 5.82 Å². The monoisotopic (exact) mass is 288 g/mol. The second-order valence-electron chi connectivity index (χ2n) is 6.05. The normalized spacial score (nSPS) is 20.3. The molecule has 0 saturated heterocycles. The van der Waals surface area contributed by atoms with Gasteiger partial charge in [0.15, 0.2) is 0 Å². The van der Waals surface area contributed by atoms with Crippen molar-refractivity contribution < 1.29 is 4.39 Å². The number of halogens is 1. The highest BCUT2D eigenvalue weighted by Crippen LogP contribution is 2.40. The molecule has 0 aromatic heterocycles.